The second kappa shape index (κ2) is 5.77. The third-order valence-electron chi connectivity index (χ3n) is 2.48. The van der Waals surface area contributed by atoms with Crippen molar-refractivity contribution in [3.63, 3.8) is 0 Å². The number of nitrogens with two attached hydrogens (primary N) is 1. The summed E-state index contributed by atoms with van der Waals surface area (Å²) in [5.74, 6) is -0.936. The molecule has 0 spiro atoms. The third-order valence-corrected chi connectivity index (χ3v) is 2.48. The van der Waals surface area contributed by atoms with Gasteiger partial charge >= 0.3 is 0 Å². The summed E-state index contributed by atoms with van der Waals surface area (Å²) < 4.78 is 37.9. The van der Waals surface area contributed by atoms with Gasteiger partial charge in [0.25, 0.3) is 0 Å². The van der Waals surface area contributed by atoms with Crippen molar-refractivity contribution in [2.45, 2.75) is 20.0 Å². The highest BCUT2D eigenvalue weighted by atomic mass is 19.1. The van der Waals surface area contributed by atoms with Crippen LogP contribution in [-0.2, 0) is 0 Å². The molecule has 0 atom stereocenters. The number of ether oxygens (including phenoxy) is 2. The Hall–Kier alpha value is -2.30. The van der Waals surface area contributed by atoms with E-state index in [9.17, 15) is 8.78 Å². The fraction of sp³-hybridized carbons (Fsp3) is 0.200. The van der Waals surface area contributed by atoms with Gasteiger partial charge in [0.15, 0.2) is 28.9 Å². The van der Waals surface area contributed by atoms with Gasteiger partial charge in [-0.15, -0.1) is 0 Å². The van der Waals surface area contributed by atoms with Crippen LogP contribution in [0.5, 0.6) is 17.2 Å². The maximum Gasteiger partial charge on any atom is 0.167 e. The van der Waals surface area contributed by atoms with Crippen LogP contribution in [0.15, 0.2) is 36.4 Å². The number of para-hydroxylation sites is 1. The van der Waals surface area contributed by atoms with E-state index in [2.05, 4.69) is 0 Å². The van der Waals surface area contributed by atoms with Crippen molar-refractivity contribution in [2.24, 2.45) is 0 Å². The van der Waals surface area contributed by atoms with E-state index in [1.165, 1.54) is 18.2 Å². The van der Waals surface area contributed by atoms with Gasteiger partial charge in [0.2, 0.25) is 0 Å². The molecule has 0 aliphatic rings. The van der Waals surface area contributed by atoms with E-state index in [0.29, 0.717) is 0 Å². The third kappa shape index (κ3) is 3.17. The van der Waals surface area contributed by atoms with Gasteiger partial charge in [-0.3, -0.25) is 0 Å². The summed E-state index contributed by atoms with van der Waals surface area (Å²) in [6.45, 7) is 3.54. The summed E-state index contributed by atoms with van der Waals surface area (Å²) in [5.41, 5.74) is 5.75. The highest BCUT2D eigenvalue weighted by Gasteiger charge is 2.13. The van der Waals surface area contributed by atoms with E-state index in [1.807, 2.05) is 0 Å². The first-order valence-electron chi connectivity index (χ1n) is 6.15. The van der Waals surface area contributed by atoms with Crippen LogP contribution in [0.25, 0.3) is 0 Å². The highest BCUT2D eigenvalue weighted by Crippen LogP contribution is 2.34. The Balaban J connectivity index is 2.34. The fourth-order valence-electron chi connectivity index (χ4n) is 1.63. The summed E-state index contributed by atoms with van der Waals surface area (Å²) in [6, 6.07) is 8.31. The zero-order valence-corrected chi connectivity index (χ0v) is 11.2. The number of halogens is 2. The molecule has 5 heteroatoms. The lowest BCUT2D eigenvalue weighted by Crippen LogP contribution is -2.07. The summed E-state index contributed by atoms with van der Waals surface area (Å²) in [6.07, 6.45) is -0.200. The minimum atomic E-state index is -0.586. The van der Waals surface area contributed by atoms with Crippen molar-refractivity contribution in [3.8, 4) is 17.2 Å². The number of rotatable bonds is 4. The van der Waals surface area contributed by atoms with Crippen LogP contribution in [0.2, 0.25) is 0 Å². The van der Waals surface area contributed by atoms with Gasteiger partial charge in [-0.25, -0.2) is 8.78 Å². The van der Waals surface area contributed by atoms with Crippen molar-refractivity contribution in [1.29, 1.82) is 0 Å². The molecule has 20 heavy (non-hydrogen) atoms. The average molecular weight is 279 g/mol. The number of anilines is 1. The smallest absolute Gasteiger partial charge is 0.167 e. The summed E-state index contributed by atoms with van der Waals surface area (Å²) in [4.78, 5) is 0. The molecule has 0 heterocycles. The van der Waals surface area contributed by atoms with Crippen molar-refractivity contribution < 1.29 is 18.3 Å². The Morgan fingerprint density at radius 2 is 1.65 bits per heavy atom. The van der Waals surface area contributed by atoms with Crippen LogP contribution in [-0.4, -0.2) is 6.10 Å². The largest absolute Gasteiger partial charge is 0.488 e. The molecular weight excluding hydrogens is 264 g/mol. The van der Waals surface area contributed by atoms with Gasteiger partial charge in [-0.05, 0) is 26.0 Å². The predicted octanol–water partition coefficient (Wildman–Crippen LogP) is 4.13. The van der Waals surface area contributed by atoms with Gasteiger partial charge in [-0.1, -0.05) is 12.1 Å². The van der Waals surface area contributed by atoms with Crippen LogP contribution in [0.3, 0.4) is 0 Å². The van der Waals surface area contributed by atoms with Gasteiger partial charge in [0.05, 0.1) is 11.8 Å². The number of nitrogen functional groups attached to an aromatic ring is 1. The minimum Gasteiger partial charge on any atom is -0.488 e. The van der Waals surface area contributed by atoms with Crippen molar-refractivity contribution >= 4 is 5.69 Å². The molecule has 3 nitrogen and oxygen atoms in total. The SMILES string of the molecule is CC(C)Oc1cc(Oc2ccccc2F)c(N)cc1F. The molecule has 2 aromatic rings. The van der Waals surface area contributed by atoms with Crippen LogP contribution in [0.1, 0.15) is 13.8 Å². The first-order chi connectivity index (χ1) is 9.47. The molecule has 0 radical (unpaired) electrons. The number of hydrogen-bond donors (Lipinski definition) is 1. The monoisotopic (exact) mass is 279 g/mol. The molecule has 0 saturated carbocycles. The molecule has 0 fully saturated rings. The molecule has 2 aromatic carbocycles. The summed E-state index contributed by atoms with van der Waals surface area (Å²) >= 11 is 0. The molecule has 0 unspecified atom stereocenters. The second-order valence-electron chi connectivity index (χ2n) is 4.52. The fourth-order valence-corrected chi connectivity index (χ4v) is 1.63. The van der Waals surface area contributed by atoms with Gasteiger partial charge in [0.1, 0.15) is 0 Å². The molecule has 0 aliphatic carbocycles. The van der Waals surface area contributed by atoms with E-state index in [4.69, 9.17) is 15.2 Å². The number of benzene rings is 2. The Bertz CT molecular complexity index is 615. The van der Waals surface area contributed by atoms with E-state index in [0.717, 1.165) is 6.07 Å². The highest BCUT2D eigenvalue weighted by molar-refractivity contribution is 5.57. The Labute approximate surface area is 115 Å². The Morgan fingerprint density at radius 1 is 0.950 bits per heavy atom. The lowest BCUT2D eigenvalue weighted by Gasteiger charge is -2.14. The van der Waals surface area contributed by atoms with E-state index < -0.39 is 11.6 Å². The lowest BCUT2D eigenvalue weighted by molar-refractivity contribution is 0.230. The summed E-state index contributed by atoms with van der Waals surface area (Å²) in [7, 11) is 0. The second-order valence-corrected chi connectivity index (χ2v) is 4.52. The van der Waals surface area contributed by atoms with Gasteiger partial charge in [0, 0.05) is 12.1 Å². The molecule has 106 valence electrons. The Morgan fingerprint density at radius 3 is 2.30 bits per heavy atom. The number of hydrogen-bond acceptors (Lipinski definition) is 3. The lowest BCUT2D eigenvalue weighted by atomic mass is 10.2. The topological polar surface area (TPSA) is 44.5 Å². The molecule has 0 aromatic heterocycles. The molecule has 2 N–H and O–H groups in total. The predicted molar refractivity (Wildman–Crippen MR) is 73.1 cm³/mol. The summed E-state index contributed by atoms with van der Waals surface area (Å²) in [5, 5.41) is 0. The standard InChI is InChI=1S/C15H15F2NO2/c1-9(2)19-14-8-15(12(18)7-11(14)17)20-13-6-4-3-5-10(13)16/h3-9H,18H2,1-2H3. The maximum atomic E-state index is 13.7. The van der Waals surface area contributed by atoms with E-state index >= 15 is 0 Å². The Kier molecular flexibility index (Phi) is 4.08. The minimum absolute atomic E-state index is 0.0144. The van der Waals surface area contributed by atoms with Gasteiger partial charge in [-0.2, -0.15) is 0 Å². The van der Waals surface area contributed by atoms with E-state index in [1.54, 1.807) is 26.0 Å². The first-order valence-corrected chi connectivity index (χ1v) is 6.15. The van der Waals surface area contributed by atoms with Gasteiger partial charge < -0.3 is 15.2 Å². The van der Waals surface area contributed by atoms with E-state index in [-0.39, 0.29) is 29.0 Å². The molecule has 2 rings (SSSR count). The van der Waals surface area contributed by atoms with Crippen molar-refractivity contribution in [1.82, 2.24) is 0 Å². The van der Waals surface area contributed by atoms with Crippen LogP contribution >= 0.6 is 0 Å². The quantitative estimate of drug-likeness (QED) is 0.856. The van der Waals surface area contributed by atoms with Crippen LogP contribution in [0.4, 0.5) is 14.5 Å². The molecule has 0 aliphatic heterocycles. The van der Waals surface area contributed by atoms with Crippen LogP contribution in [0, 0.1) is 11.6 Å². The first kappa shape index (κ1) is 14.1. The normalized spacial score (nSPS) is 10.7. The molecule has 0 saturated heterocycles. The maximum absolute atomic E-state index is 13.7. The van der Waals surface area contributed by atoms with Crippen molar-refractivity contribution in [3.05, 3.63) is 48.0 Å². The average Bonchev–Trinajstić information content (AvgIpc) is 2.37. The zero-order chi connectivity index (χ0) is 14.7. The van der Waals surface area contributed by atoms with Crippen molar-refractivity contribution in [2.75, 3.05) is 5.73 Å². The molecule has 0 bridgehead atoms. The molecule has 0 amide bonds. The zero-order valence-electron chi connectivity index (χ0n) is 11.2. The van der Waals surface area contributed by atoms with Crippen LogP contribution < -0.4 is 15.2 Å². The molecular formula is C15H15F2NO2.